The number of aromatic nitrogens is 2. The highest BCUT2D eigenvalue weighted by Crippen LogP contribution is 2.31. The maximum atomic E-state index is 15.5. The quantitative estimate of drug-likeness (QED) is 0.168. The Labute approximate surface area is 226 Å². The zero-order valence-electron chi connectivity index (χ0n) is 20.8. The van der Waals surface area contributed by atoms with Gasteiger partial charge in [-0.3, -0.25) is 14.9 Å². The molecule has 0 spiro atoms. The Morgan fingerprint density at radius 3 is 2.50 bits per heavy atom. The highest BCUT2D eigenvalue weighted by atomic mass is 32.2. The highest BCUT2D eigenvalue weighted by molar-refractivity contribution is 7.92. The molecule has 0 fully saturated rings. The molecule has 12 heteroatoms. The first kappa shape index (κ1) is 26.6. The van der Waals surface area contributed by atoms with Gasteiger partial charge in [-0.25, -0.2) is 26.6 Å². The number of fused-ring (bicyclic) bond motifs is 1. The maximum absolute atomic E-state index is 15.5. The molecule has 0 unspecified atom stereocenters. The number of ketones is 1. The fourth-order valence-electron chi connectivity index (χ4n) is 4.27. The number of nitrogens with two attached hydrogens (primary N) is 1. The van der Waals surface area contributed by atoms with Crippen LogP contribution in [-0.2, 0) is 10.0 Å². The number of aromatic amines is 1. The van der Waals surface area contributed by atoms with Crippen LogP contribution in [0.4, 0.5) is 24.5 Å². The normalized spacial score (nSPS) is 11.4. The number of pyridine rings is 1. The van der Waals surface area contributed by atoms with Gasteiger partial charge in [0.1, 0.15) is 17.3 Å². The summed E-state index contributed by atoms with van der Waals surface area (Å²) >= 11 is 0. The lowest BCUT2D eigenvalue weighted by molar-refractivity contribution is -0.104. The highest BCUT2D eigenvalue weighted by Gasteiger charge is 2.26. The molecule has 0 bridgehead atoms. The lowest BCUT2D eigenvalue weighted by Crippen LogP contribution is -2.30. The van der Waals surface area contributed by atoms with E-state index >= 15 is 4.39 Å². The summed E-state index contributed by atoms with van der Waals surface area (Å²) in [7, 11) is -2.69. The summed E-state index contributed by atoms with van der Waals surface area (Å²) in [5.41, 5.74) is 1.45. The number of rotatable bonds is 8. The minimum atomic E-state index is -4.45. The number of sulfonamides is 1. The van der Waals surface area contributed by atoms with E-state index in [1.165, 1.54) is 18.5 Å². The van der Waals surface area contributed by atoms with E-state index < -0.39 is 49.4 Å². The minimum Gasteiger partial charge on any atom is -0.387 e. The van der Waals surface area contributed by atoms with Gasteiger partial charge in [-0.05, 0) is 54.1 Å². The molecule has 2 aromatic heterocycles. The molecule has 5 rings (SSSR count). The zero-order chi connectivity index (χ0) is 28.6. The fourth-order valence-corrected chi connectivity index (χ4v) is 5.36. The second-order valence-corrected chi connectivity index (χ2v) is 10.4. The topological polar surface area (TPSA) is 130 Å². The van der Waals surface area contributed by atoms with Crippen LogP contribution < -0.4 is 15.4 Å². The van der Waals surface area contributed by atoms with Gasteiger partial charge in [0.15, 0.2) is 12.0 Å². The Kier molecular flexibility index (Phi) is 6.86. The molecule has 0 amide bonds. The fraction of sp³-hybridized carbons (Fsp3) is 0.0357. The van der Waals surface area contributed by atoms with E-state index in [4.69, 9.17) is 5.41 Å². The van der Waals surface area contributed by atoms with Gasteiger partial charge >= 0.3 is 0 Å². The van der Waals surface area contributed by atoms with Crippen LogP contribution in [0.15, 0.2) is 78.0 Å². The van der Waals surface area contributed by atoms with Gasteiger partial charge in [0.05, 0.1) is 21.7 Å². The van der Waals surface area contributed by atoms with Crippen LogP contribution in [0.3, 0.4) is 0 Å². The van der Waals surface area contributed by atoms with Crippen molar-refractivity contribution in [3.05, 3.63) is 107 Å². The smallest absolute Gasteiger partial charge is 0.262 e. The maximum Gasteiger partial charge on any atom is 0.262 e. The molecule has 0 aliphatic carbocycles. The van der Waals surface area contributed by atoms with E-state index in [-0.39, 0.29) is 5.56 Å². The number of hydrogen-bond acceptors (Lipinski definition) is 5. The molecule has 202 valence electrons. The predicted molar refractivity (Wildman–Crippen MR) is 145 cm³/mol. The molecule has 40 heavy (non-hydrogen) atoms. The molecule has 0 radical (unpaired) electrons. The summed E-state index contributed by atoms with van der Waals surface area (Å²) < 4.78 is 71.2. The number of hydrogen-bond donors (Lipinski definition) is 4. The molecule has 2 heterocycles. The van der Waals surface area contributed by atoms with Crippen LogP contribution in [0, 0.1) is 17.5 Å². The molecular formula is C28H21F3N5O3S+. The molecule has 0 saturated heterocycles. The first-order valence-electron chi connectivity index (χ1n) is 11.8. The number of nitrogens with zero attached hydrogens (tertiary/aromatic N) is 1. The van der Waals surface area contributed by atoms with Gasteiger partial charge in [-0.15, -0.1) is 0 Å². The Balaban J connectivity index is 1.55. The molecule has 8 nitrogen and oxygen atoms in total. The van der Waals surface area contributed by atoms with E-state index in [0.717, 1.165) is 47.1 Å². The van der Waals surface area contributed by atoms with Gasteiger partial charge in [-0.1, -0.05) is 12.1 Å². The lowest BCUT2D eigenvalue weighted by atomic mass is 9.99. The van der Waals surface area contributed by atoms with Crippen LogP contribution in [-0.4, -0.2) is 37.4 Å². The van der Waals surface area contributed by atoms with Crippen LogP contribution in [0.2, 0.25) is 0 Å². The summed E-state index contributed by atoms with van der Waals surface area (Å²) in [5.74, 6) is -4.47. The minimum absolute atomic E-state index is 0.0789. The van der Waals surface area contributed by atoms with Gasteiger partial charge in [0, 0.05) is 41.6 Å². The number of halogens is 3. The molecule has 5 aromatic rings. The summed E-state index contributed by atoms with van der Waals surface area (Å²) in [6.45, 7) is 0. The van der Waals surface area contributed by atoms with Gasteiger partial charge in [0.25, 0.3) is 10.0 Å². The first-order valence-corrected chi connectivity index (χ1v) is 13.3. The number of anilines is 2. The van der Waals surface area contributed by atoms with E-state index in [2.05, 4.69) is 15.3 Å². The lowest BCUT2D eigenvalue weighted by Gasteiger charge is -2.12. The van der Waals surface area contributed by atoms with Crippen molar-refractivity contribution in [1.82, 2.24) is 9.97 Å². The first-order chi connectivity index (χ1) is 19.1. The van der Waals surface area contributed by atoms with Crippen molar-refractivity contribution < 1.29 is 31.8 Å². The number of benzene rings is 3. The van der Waals surface area contributed by atoms with Crippen molar-refractivity contribution in [3.8, 4) is 11.1 Å². The van der Waals surface area contributed by atoms with Crippen LogP contribution in [0.1, 0.15) is 21.5 Å². The van der Waals surface area contributed by atoms with Crippen LogP contribution in [0.25, 0.3) is 22.2 Å². The largest absolute Gasteiger partial charge is 0.387 e. The zero-order valence-corrected chi connectivity index (χ0v) is 21.6. The van der Waals surface area contributed by atoms with Gasteiger partial charge < -0.3 is 10.3 Å². The predicted octanol–water partition coefficient (Wildman–Crippen LogP) is 3.90. The summed E-state index contributed by atoms with van der Waals surface area (Å²) in [6, 6.07) is 12.8. The van der Waals surface area contributed by atoms with Gasteiger partial charge in [0.2, 0.25) is 5.78 Å². The standard InChI is InChI=1S/C28H20F3N5O3S/c1-33-23-7-5-15(9-16(23)12-32)17-10-20-21(14-35-28(20)34-13-17)27(37)25-22(30)6-8-24(26(25)31)36-40(38,39)19-4-2-3-18(29)11-19/h2-14,32-33,36H,1H3,(H,34,35)/p+1. The number of nitrogens with one attached hydrogen (secondary N) is 3. The Bertz CT molecular complexity index is 1920. The van der Waals surface area contributed by atoms with E-state index in [9.17, 15) is 22.0 Å². The molecule has 3 aromatic carbocycles. The van der Waals surface area contributed by atoms with E-state index in [0.29, 0.717) is 16.6 Å². The van der Waals surface area contributed by atoms with E-state index in [1.807, 2.05) is 22.9 Å². The molecule has 0 atom stereocenters. The monoisotopic (exact) mass is 564 g/mol. The van der Waals surface area contributed by atoms with Crippen molar-refractivity contribution in [3.63, 3.8) is 0 Å². The summed E-state index contributed by atoms with van der Waals surface area (Å²) in [4.78, 5) is 20.1. The molecule has 0 saturated carbocycles. The Hall–Kier alpha value is -4.97. The number of carbonyl (C=O) groups excluding carboxylic acids is 1. The van der Waals surface area contributed by atoms with Crippen molar-refractivity contribution in [2.75, 3.05) is 17.1 Å². The average molecular weight is 565 g/mol. The van der Waals surface area contributed by atoms with Gasteiger partial charge in [-0.2, -0.15) is 0 Å². The van der Waals surface area contributed by atoms with Crippen LogP contribution in [0.5, 0.6) is 0 Å². The Morgan fingerprint density at radius 1 is 1.00 bits per heavy atom. The summed E-state index contributed by atoms with van der Waals surface area (Å²) in [5, 5.41) is 9.05. The Morgan fingerprint density at radius 2 is 1.77 bits per heavy atom. The van der Waals surface area contributed by atoms with E-state index in [1.54, 1.807) is 19.3 Å². The third kappa shape index (κ3) is 4.80. The number of H-pyrrole nitrogens is 1. The average Bonchev–Trinajstić information content (AvgIpc) is 3.37. The summed E-state index contributed by atoms with van der Waals surface area (Å²) in [6.07, 6.45) is 4.29. The molecule has 0 aliphatic heterocycles. The van der Waals surface area contributed by atoms with Crippen LogP contribution >= 0.6 is 0 Å². The van der Waals surface area contributed by atoms with Crippen molar-refractivity contribution in [2.45, 2.75) is 4.90 Å². The molecule has 5 N–H and O–H groups in total. The number of carbonyl (C=O) groups is 1. The van der Waals surface area contributed by atoms with Crippen molar-refractivity contribution in [2.24, 2.45) is 0 Å². The van der Waals surface area contributed by atoms with Crippen molar-refractivity contribution in [1.29, 1.82) is 0 Å². The second-order valence-electron chi connectivity index (χ2n) is 8.72. The third-order valence-electron chi connectivity index (χ3n) is 6.28. The van der Waals surface area contributed by atoms with Crippen molar-refractivity contribution >= 4 is 44.4 Å². The SMILES string of the molecule is CNc1ccc(-c2cnc3[nH]cc(C(=O)c4c(F)ccc(NS(=O)(=O)c5cccc(F)c5)c4F)c3c2)cc1C=[NH2+]. The third-order valence-corrected chi connectivity index (χ3v) is 7.64. The molecular weight excluding hydrogens is 543 g/mol. The molecule has 0 aliphatic rings. The second kappa shape index (κ2) is 10.3.